The first-order chi connectivity index (χ1) is 10.8. The molecule has 0 saturated heterocycles. The summed E-state index contributed by atoms with van der Waals surface area (Å²) >= 11 is 0. The highest BCUT2D eigenvalue weighted by atomic mass is 35.5. The Bertz CT molecular complexity index is 650. The van der Waals surface area contributed by atoms with E-state index in [4.69, 9.17) is 10.5 Å². The van der Waals surface area contributed by atoms with E-state index in [1.807, 2.05) is 30.3 Å². The summed E-state index contributed by atoms with van der Waals surface area (Å²) in [6.07, 6.45) is -5.10. The van der Waals surface area contributed by atoms with Crippen LogP contribution in [-0.4, -0.2) is 18.3 Å². The van der Waals surface area contributed by atoms with Crippen LogP contribution < -0.4 is 10.5 Å². The molecule has 0 saturated carbocycles. The van der Waals surface area contributed by atoms with Crippen molar-refractivity contribution < 1.29 is 23.0 Å². The van der Waals surface area contributed by atoms with E-state index >= 15 is 0 Å². The molecule has 0 bridgehead atoms. The van der Waals surface area contributed by atoms with Gasteiger partial charge in [0.15, 0.2) is 0 Å². The van der Waals surface area contributed by atoms with E-state index < -0.39 is 23.9 Å². The minimum absolute atomic E-state index is 0. The molecule has 2 aromatic rings. The minimum atomic E-state index is -4.46. The van der Waals surface area contributed by atoms with Crippen LogP contribution in [0.2, 0.25) is 0 Å². The monoisotopic (exact) mass is 361 g/mol. The van der Waals surface area contributed by atoms with Crippen LogP contribution in [0.1, 0.15) is 22.7 Å². The first kappa shape index (κ1) is 20.3. The second-order valence-electron chi connectivity index (χ2n) is 5.24. The van der Waals surface area contributed by atoms with E-state index in [1.54, 1.807) is 0 Å². The van der Waals surface area contributed by atoms with Gasteiger partial charge in [0.25, 0.3) is 0 Å². The van der Waals surface area contributed by atoms with Gasteiger partial charge in [-0.15, -0.1) is 12.4 Å². The standard InChI is InChI=1S/C17H18F3NO2.ClH/c1-23-15-10-12(17(18,19)20)7-8-13(15)16(21)14(22)9-11-5-3-2-4-6-11;/h2-8,10,14,16,22H,9,21H2,1H3;1H/t14-,16+;/m0./s1. The summed E-state index contributed by atoms with van der Waals surface area (Å²) in [6.45, 7) is 0. The van der Waals surface area contributed by atoms with Gasteiger partial charge in [-0.1, -0.05) is 36.4 Å². The number of nitrogens with two attached hydrogens (primary N) is 1. The fourth-order valence-electron chi connectivity index (χ4n) is 2.35. The Balaban J connectivity index is 0.00000288. The van der Waals surface area contributed by atoms with E-state index in [-0.39, 0.29) is 18.2 Å². The second-order valence-corrected chi connectivity index (χ2v) is 5.24. The average molecular weight is 362 g/mol. The predicted molar refractivity (Wildman–Crippen MR) is 88.3 cm³/mol. The van der Waals surface area contributed by atoms with Crippen molar-refractivity contribution in [2.75, 3.05) is 7.11 Å². The molecule has 0 aliphatic heterocycles. The van der Waals surface area contributed by atoms with Crippen molar-refractivity contribution in [2.24, 2.45) is 5.73 Å². The number of aliphatic hydroxyl groups excluding tert-OH is 1. The van der Waals surface area contributed by atoms with E-state index in [2.05, 4.69) is 0 Å². The number of hydrogen-bond acceptors (Lipinski definition) is 3. The maximum absolute atomic E-state index is 12.7. The molecule has 0 aliphatic carbocycles. The lowest BCUT2D eigenvalue weighted by Gasteiger charge is -2.22. The van der Waals surface area contributed by atoms with Crippen molar-refractivity contribution >= 4 is 12.4 Å². The molecule has 24 heavy (non-hydrogen) atoms. The van der Waals surface area contributed by atoms with Gasteiger partial charge in [0.1, 0.15) is 5.75 Å². The van der Waals surface area contributed by atoms with Gasteiger partial charge in [0.2, 0.25) is 0 Å². The number of ether oxygens (including phenoxy) is 1. The van der Waals surface area contributed by atoms with Gasteiger partial charge < -0.3 is 15.6 Å². The molecule has 0 fully saturated rings. The maximum atomic E-state index is 12.7. The summed E-state index contributed by atoms with van der Waals surface area (Å²) in [5, 5.41) is 10.3. The molecule has 0 heterocycles. The van der Waals surface area contributed by atoms with Gasteiger partial charge in [-0.2, -0.15) is 13.2 Å². The first-order valence-corrected chi connectivity index (χ1v) is 7.05. The average Bonchev–Trinajstić information content (AvgIpc) is 2.53. The molecule has 2 aromatic carbocycles. The Hall–Kier alpha value is -1.76. The zero-order chi connectivity index (χ0) is 17.0. The van der Waals surface area contributed by atoms with Gasteiger partial charge in [0.05, 0.1) is 24.8 Å². The third-order valence-electron chi connectivity index (χ3n) is 3.62. The zero-order valence-electron chi connectivity index (χ0n) is 13.0. The number of hydrogen-bond donors (Lipinski definition) is 2. The number of rotatable bonds is 5. The van der Waals surface area contributed by atoms with E-state index in [0.717, 1.165) is 17.7 Å². The first-order valence-electron chi connectivity index (χ1n) is 7.05. The van der Waals surface area contributed by atoms with Crippen molar-refractivity contribution in [3.8, 4) is 5.75 Å². The van der Waals surface area contributed by atoms with Gasteiger partial charge in [-0.05, 0) is 17.7 Å². The molecule has 0 aliphatic rings. The molecule has 2 rings (SSSR count). The Morgan fingerprint density at radius 2 is 1.75 bits per heavy atom. The third-order valence-corrected chi connectivity index (χ3v) is 3.62. The molecular weight excluding hydrogens is 343 g/mol. The summed E-state index contributed by atoms with van der Waals surface area (Å²) in [7, 11) is 1.27. The quantitative estimate of drug-likeness (QED) is 0.853. The lowest BCUT2D eigenvalue weighted by Crippen LogP contribution is -2.28. The highest BCUT2D eigenvalue weighted by Crippen LogP contribution is 2.35. The predicted octanol–water partition coefficient (Wildman–Crippen LogP) is 3.74. The van der Waals surface area contributed by atoms with Crippen LogP contribution in [-0.2, 0) is 12.6 Å². The minimum Gasteiger partial charge on any atom is -0.496 e. The number of alkyl halides is 3. The van der Waals surface area contributed by atoms with Crippen molar-refractivity contribution in [3.63, 3.8) is 0 Å². The highest BCUT2D eigenvalue weighted by Gasteiger charge is 2.32. The second kappa shape index (κ2) is 8.37. The van der Waals surface area contributed by atoms with Gasteiger partial charge in [0, 0.05) is 12.0 Å². The van der Waals surface area contributed by atoms with Crippen molar-refractivity contribution in [3.05, 3.63) is 65.2 Å². The molecule has 0 spiro atoms. The van der Waals surface area contributed by atoms with Crippen molar-refractivity contribution in [1.29, 1.82) is 0 Å². The Morgan fingerprint density at radius 1 is 1.12 bits per heavy atom. The van der Waals surface area contributed by atoms with Crippen LogP contribution in [0.4, 0.5) is 13.2 Å². The molecular formula is C17H19ClF3NO2. The van der Waals surface area contributed by atoms with Crippen LogP contribution in [0.25, 0.3) is 0 Å². The molecule has 7 heteroatoms. The normalized spacial score (nSPS) is 13.8. The van der Waals surface area contributed by atoms with Crippen molar-refractivity contribution in [1.82, 2.24) is 0 Å². The molecule has 0 unspecified atom stereocenters. The molecule has 3 nitrogen and oxygen atoms in total. The fourth-order valence-corrected chi connectivity index (χ4v) is 2.35. The Morgan fingerprint density at radius 3 is 2.29 bits per heavy atom. The largest absolute Gasteiger partial charge is 0.496 e. The summed E-state index contributed by atoms with van der Waals surface area (Å²) in [4.78, 5) is 0. The van der Waals surface area contributed by atoms with Gasteiger partial charge in [-0.3, -0.25) is 0 Å². The zero-order valence-corrected chi connectivity index (χ0v) is 13.8. The van der Waals surface area contributed by atoms with E-state index in [9.17, 15) is 18.3 Å². The maximum Gasteiger partial charge on any atom is 0.416 e. The van der Waals surface area contributed by atoms with E-state index in [1.165, 1.54) is 13.2 Å². The molecule has 132 valence electrons. The van der Waals surface area contributed by atoms with Crippen LogP contribution >= 0.6 is 12.4 Å². The molecule has 0 aromatic heterocycles. The fraction of sp³-hybridized carbons (Fsp3) is 0.294. The number of halogens is 4. The summed E-state index contributed by atoms with van der Waals surface area (Å²) in [5.74, 6) is 0.0134. The highest BCUT2D eigenvalue weighted by molar-refractivity contribution is 5.85. The molecule has 0 amide bonds. The Kier molecular flexibility index (Phi) is 7.08. The lowest BCUT2D eigenvalue weighted by molar-refractivity contribution is -0.137. The summed E-state index contributed by atoms with van der Waals surface area (Å²) in [6, 6.07) is 11.5. The Labute approximate surface area is 144 Å². The molecule has 3 N–H and O–H groups in total. The number of methoxy groups -OCH3 is 1. The molecule has 0 radical (unpaired) electrons. The smallest absolute Gasteiger partial charge is 0.416 e. The van der Waals surface area contributed by atoms with E-state index in [0.29, 0.717) is 12.0 Å². The van der Waals surface area contributed by atoms with Crippen LogP contribution in [0.5, 0.6) is 5.75 Å². The van der Waals surface area contributed by atoms with Crippen molar-refractivity contribution in [2.45, 2.75) is 24.7 Å². The van der Waals surface area contributed by atoms with Crippen LogP contribution in [0, 0.1) is 0 Å². The number of benzene rings is 2. The SMILES string of the molecule is COc1cc(C(F)(F)F)ccc1[C@@H](N)[C@@H](O)Cc1ccccc1.Cl. The summed E-state index contributed by atoms with van der Waals surface area (Å²) in [5.41, 5.74) is 6.42. The lowest BCUT2D eigenvalue weighted by atomic mass is 9.95. The number of aliphatic hydroxyl groups is 1. The van der Waals surface area contributed by atoms with Crippen LogP contribution in [0.3, 0.4) is 0 Å². The van der Waals surface area contributed by atoms with Crippen LogP contribution in [0.15, 0.2) is 48.5 Å². The third kappa shape index (κ3) is 4.87. The van der Waals surface area contributed by atoms with Gasteiger partial charge in [-0.25, -0.2) is 0 Å². The summed E-state index contributed by atoms with van der Waals surface area (Å²) < 4.78 is 43.3. The molecule has 2 atom stereocenters. The van der Waals surface area contributed by atoms with Gasteiger partial charge >= 0.3 is 6.18 Å². The topological polar surface area (TPSA) is 55.5 Å².